The number of halogens is 4. The molecule has 0 aromatic heterocycles. The van der Waals surface area contributed by atoms with Crippen molar-refractivity contribution in [3.8, 4) is 0 Å². The molecule has 0 aliphatic heterocycles. The highest BCUT2D eigenvalue weighted by molar-refractivity contribution is 6.69. The zero-order valence-corrected chi connectivity index (χ0v) is 17.9. The summed E-state index contributed by atoms with van der Waals surface area (Å²) in [5.74, 6) is -2.35. The molecule has 0 spiro atoms. The zero-order valence-electron chi connectivity index (χ0n) is 16.4. The highest BCUT2D eigenvalue weighted by atomic mass is 35.5. The molecule has 3 rings (SSSR count). The Balaban J connectivity index is 2.30. The van der Waals surface area contributed by atoms with Crippen LogP contribution in [0.3, 0.4) is 0 Å². The van der Waals surface area contributed by atoms with Crippen LogP contribution < -0.4 is 0 Å². The van der Waals surface area contributed by atoms with Gasteiger partial charge in [-0.25, -0.2) is 8.78 Å². The minimum Gasteiger partial charge on any atom is -0.275 e. The van der Waals surface area contributed by atoms with Crippen LogP contribution >= 0.6 is 23.2 Å². The Morgan fingerprint density at radius 3 is 1.97 bits per heavy atom. The van der Waals surface area contributed by atoms with Crippen LogP contribution in [0, 0.1) is 11.6 Å². The molecule has 1 saturated carbocycles. The molecule has 6 heteroatoms. The lowest BCUT2D eigenvalue weighted by Gasteiger charge is -2.25. The molecule has 1 aromatic rings. The smallest absolute Gasteiger partial charge is 0.256 e. The molecule has 0 N–H and O–H groups in total. The molecule has 0 atom stereocenters. The van der Waals surface area contributed by atoms with Crippen LogP contribution in [0.15, 0.2) is 42.5 Å². The lowest BCUT2D eigenvalue weighted by atomic mass is 9.80. The molecule has 2 aliphatic carbocycles. The number of hydrogen-bond acceptors (Lipinski definition) is 2. The second-order valence-electron chi connectivity index (χ2n) is 7.51. The second-order valence-corrected chi connectivity index (χ2v) is 8.19. The van der Waals surface area contributed by atoms with E-state index in [0.29, 0.717) is 12.8 Å². The number of allylic oxidation sites excluding steroid dienone is 8. The van der Waals surface area contributed by atoms with E-state index in [0.717, 1.165) is 32.1 Å². The van der Waals surface area contributed by atoms with Crippen LogP contribution in [0.5, 0.6) is 0 Å². The summed E-state index contributed by atoms with van der Waals surface area (Å²) >= 11 is 11.5. The van der Waals surface area contributed by atoms with Gasteiger partial charge >= 0.3 is 0 Å². The van der Waals surface area contributed by atoms with Crippen molar-refractivity contribution < 1.29 is 18.4 Å². The zero-order chi connectivity index (χ0) is 21.7. The third-order valence-electron chi connectivity index (χ3n) is 5.61. The SMILES string of the molecule is O=C(Cl)c1c(F)c(C2CCCCCCC2)c(C(=O)Cl)c(F)c1C1=C/C=C\C=C/C=C\1. The van der Waals surface area contributed by atoms with Crippen molar-refractivity contribution in [2.75, 3.05) is 0 Å². The van der Waals surface area contributed by atoms with Gasteiger partial charge < -0.3 is 0 Å². The Hall–Kier alpha value is -2.04. The monoisotopic (exact) mass is 450 g/mol. The van der Waals surface area contributed by atoms with E-state index in [4.69, 9.17) is 23.2 Å². The molecule has 2 aliphatic rings. The lowest BCUT2D eigenvalue weighted by molar-refractivity contribution is 0.106. The highest BCUT2D eigenvalue weighted by Crippen LogP contribution is 2.41. The van der Waals surface area contributed by atoms with E-state index in [1.165, 1.54) is 12.2 Å². The first kappa shape index (κ1) is 22.6. The van der Waals surface area contributed by atoms with E-state index in [9.17, 15) is 9.59 Å². The van der Waals surface area contributed by atoms with E-state index in [-0.39, 0.29) is 16.7 Å². The molecule has 0 amide bonds. The first-order chi connectivity index (χ1) is 14.4. The molecule has 158 valence electrons. The fourth-order valence-electron chi connectivity index (χ4n) is 4.22. The normalized spacial score (nSPS) is 22.6. The third-order valence-corrected chi connectivity index (χ3v) is 5.98. The summed E-state index contributed by atoms with van der Waals surface area (Å²) in [4.78, 5) is 24.5. The fraction of sp³-hybridized carbons (Fsp3) is 0.333. The fourth-order valence-corrected chi connectivity index (χ4v) is 4.58. The standard InChI is InChI=1S/C24H22Cl2F2O2/c25-23(29)19-17(15-11-7-3-1-4-8-12-15)21(27)20(24(26)30)18(22(19)28)16-13-9-5-2-6-10-14-16/h1,3-4,7-8,11-12,16H,2,5-6,9-10,13-14H2/b3-1-,4-1?,7-3?,8-4-,11-7-,12-8?,15-11?,15-12+. The summed E-state index contributed by atoms with van der Waals surface area (Å²) < 4.78 is 31.5. The molecule has 0 unspecified atom stereocenters. The first-order valence-electron chi connectivity index (χ1n) is 10.1. The van der Waals surface area contributed by atoms with Crippen molar-refractivity contribution >= 4 is 39.3 Å². The van der Waals surface area contributed by atoms with Crippen LogP contribution in [-0.4, -0.2) is 10.5 Å². The van der Waals surface area contributed by atoms with Crippen molar-refractivity contribution in [2.24, 2.45) is 0 Å². The van der Waals surface area contributed by atoms with Crippen LogP contribution in [-0.2, 0) is 0 Å². The number of hydrogen-bond donors (Lipinski definition) is 0. The van der Waals surface area contributed by atoms with Gasteiger partial charge in [-0.05, 0) is 47.5 Å². The molecular weight excluding hydrogens is 429 g/mol. The van der Waals surface area contributed by atoms with Crippen LogP contribution in [0.25, 0.3) is 5.57 Å². The first-order valence-corrected chi connectivity index (χ1v) is 10.9. The number of carbonyl (C=O) groups excluding carboxylic acids is 2. The van der Waals surface area contributed by atoms with Gasteiger partial charge in [0, 0.05) is 11.1 Å². The summed E-state index contributed by atoms with van der Waals surface area (Å²) in [6, 6.07) is 0. The number of rotatable bonds is 4. The Kier molecular flexibility index (Phi) is 7.79. The minimum atomic E-state index is -1.11. The van der Waals surface area contributed by atoms with E-state index >= 15 is 8.78 Å². The van der Waals surface area contributed by atoms with E-state index in [1.807, 2.05) is 0 Å². The Morgan fingerprint density at radius 1 is 0.767 bits per heavy atom. The lowest BCUT2D eigenvalue weighted by Crippen LogP contribution is -2.18. The molecule has 30 heavy (non-hydrogen) atoms. The van der Waals surface area contributed by atoms with Crippen molar-refractivity contribution in [1.82, 2.24) is 0 Å². The molecule has 2 nitrogen and oxygen atoms in total. The van der Waals surface area contributed by atoms with E-state index < -0.39 is 39.2 Å². The van der Waals surface area contributed by atoms with Gasteiger partial charge in [0.2, 0.25) is 0 Å². The molecule has 0 bridgehead atoms. The molecular formula is C24H22Cl2F2O2. The molecule has 0 radical (unpaired) electrons. The topological polar surface area (TPSA) is 34.1 Å². The van der Waals surface area contributed by atoms with Crippen LogP contribution in [0.4, 0.5) is 8.78 Å². The molecule has 0 saturated heterocycles. The summed E-state index contributed by atoms with van der Waals surface area (Å²) in [7, 11) is 0. The largest absolute Gasteiger partial charge is 0.275 e. The maximum Gasteiger partial charge on any atom is 0.256 e. The van der Waals surface area contributed by atoms with Gasteiger partial charge in [0.05, 0.1) is 11.1 Å². The predicted octanol–water partition coefficient (Wildman–Crippen LogP) is 7.62. The summed E-state index contributed by atoms with van der Waals surface area (Å²) in [5.41, 5.74) is -1.29. The maximum absolute atomic E-state index is 15.8. The predicted molar refractivity (Wildman–Crippen MR) is 117 cm³/mol. The summed E-state index contributed by atoms with van der Waals surface area (Å²) in [6.07, 6.45) is 17.4. The quantitative estimate of drug-likeness (QED) is 0.442. The second kappa shape index (κ2) is 10.3. The molecule has 1 aromatic carbocycles. The Labute approximate surface area is 184 Å². The summed E-state index contributed by atoms with van der Waals surface area (Å²) in [6.45, 7) is 0. The minimum absolute atomic E-state index is 0.118. The highest BCUT2D eigenvalue weighted by Gasteiger charge is 2.34. The van der Waals surface area contributed by atoms with Crippen LogP contribution in [0.1, 0.15) is 82.7 Å². The van der Waals surface area contributed by atoms with Gasteiger partial charge in [-0.3, -0.25) is 9.59 Å². The van der Waals surface area contributed by atoms with Gasteiger partial charge in [0.1, 0.15) is 11.6 Å². The Bertz CT molecular complexity index is 966. The van der Waals surface area contributed by atoms with Gasteiger partial charge in [-0.2, -0.15) is 0 Å². The van der Waals surface area contributed by atoms with Crippen molar-refractivity contribution in [3.63, 3.8) is 0 Å². The average Bonchev–Trinajstić information content (AvgIpc) is 2.62. The maximum atomic E-state index is 15.8. The van der Waals surface area contributed by atoms with Gasteiger partial charge in [-0.1, -0.05) is 74.6 Å². The number of benzene rings is 1. The van der Waals surface area contributed by atoms with Gasteiger partial charge in [0.15, 0.2) is 0 Å². The van der Waals surface area contributed by atoms with Crippen molar-refractivity contribution in [3.05, 3.63) is 76.4 Å². The van der Waals surface area contributed by atoms with Gasteiger partial charge in [-0.15, -0.1) is 0 Å². The Morgan fingerprint density at radius 2 is 1.33 bits per heavy atom. The van der Waals surface area contributed by atoms with E-state index in [1.54, 1.807) is 30.4 Å². The summed E-state index contributed by atoms with van der Waals surface area (Å²) in [5, 5.41) is -2.19. The van der Waals surface area contributed by atoms with Crippen molar-refractivity contribution in [1.29, 1.82) is 0 Å². The van der Waals surface area contributed by atoms with Gasteiger partial charge in [0.25, 0.3) is 10.5 Å². The third kappa shape index (κ3) is 4.81. The number of carbonyl (C=O) groups is 2. The molecule has 0 heterocycles. The van der Waals surface area contributed by atoms with Crippen LogP contribution in [0.2, 0.25) is 0 Å². The van der Waals surface area contributed by atoms with E-state index in [2.05, 4.69) is 0 Å². The molecule has 1 fully saturated rings. The average molecular weight is 451 g/mol. The van der Waals surface area contributed by atoms with Crippen molar-refractivity contribution in [2.45, 2.75) is 50.9 Å².